The fourth-order valence-corrected chi connectivity index (χ4v) is 4.78. The number of sulfonamides is 1. The number of oxime groups is 1. The van der Waals surface area contributed by atoms with E-state index in [-0.39, 0.29) is 12.6 Å². The third kappa shape index (κ3) is 4.47. The van der Waals surface area contributed by atoms with Crippen molar-refractivity contribution < 1.29 is 21.7 Å². The molecule has 1 aromatic carbocycles. The monoisotopic (exact) mass is 442 g/mol. The lowest BCUT2D eigenvalue weighted by Gasteiger charge is -2.20. The van der Waals surface area contributed by atoms with Gasteiger partial charge in [0.1, 0.15) is 19.1 Å². The zero-order valence-electron chi connectivity index (χ0n) is 16.2. The number of aromatic nitrogens is 3. The van der Waals surface area contributed by atoms with Crippen LogP contribution in [0.2, 0.25) is 0 Å². The molecule has 1 fully saturated rings. The molecule has 2 aromatic rings. The normalized spacial score (nSPS) is 15.8. The molecular weight excluding hydrogens is 420 g/mol. The van der Waals surface area contributed by atoms with E-state index in [1.807, 2.05) is 18.2 Å². The van der Waals surface area contributed by atoms with Crippen LogP contribution in [0.5, 0.6) is 0 Å². The fourth-order valence-electron chi connectivity index (χ4n) is 2.57. The van der Waals surface area contributed by atoms with Crippen LogP contribution in [0, 0.1) is 0 Å². The summed E-state index contributed by atoms with van der Waals surface area (Å²) >= 11 is 0. The van der Waals surface area contributed by atoms with E-state index in [2.05, 4.69) is 15.2 Å². The molecule has 158 valence electrons. The van der Waals surface area contributed by atoms with Crippen LogP contribution >= 0.6 is 0 Å². The van der Waals surface area contributed by atoms with Crippen LogP contribution < -0.4 is 0 Å². The zero-order valence-corrected chi connectivity index (χ0v) is 17.8. The largest absolute Gasteiger partial charge is 0.399 e. The van der Waals surface area contributed by atoms with Crippen LogP contribution in [0.4, 0.5) is 0 Å². The summed E-state index contributed by atoms with van der Waals surface area (Å²) in [7, 11) is -4.11. The molecule has 0 saturated heterocycles. The zero-order chi connectivity index (χ0) is 21.2. The summed E-state index contributed by atoms with van der Waals surface area (Å²) in [6.45, 7) is -0.0557. The Hall–Kier alpha value is -2.35. The van der Waals surface area contributed by atoms with Crippen molar-refractivity contribution in [2.75, 3.05) is 27.7 Å². The van der Waals surface area contributed by atoms with E-state index in [1.165, 1.54) is 25.5 Å². The Morgan fingerprint density at radius 3 is 2.41 bits per heavy atom. The Kier molecular flexibility index (Phi) is 6.03. The minimum absolute atomic E-state index is 0.0557. The average molecular weight is 443 g/mol. The van der Waals surface area contributed by atoms with E-state index in [0.29, 0.717) is 28.2 Å². The standard InChI is InChI=1S/C16H22N6O5S2/c1-20(2)29(25,26)22-12-17-16(18-22)28(23,24)21(14-9-10-14)11-15(19-27-3)13-7-5-4-6-8-13/h4-8,12,14H,9-11H2,1-3H3. The topological polar surface area (TPSA) is 127 Å². The van der Waals surface area contributed by atoms with Crippen molar-refractivity contribution in [3.05, 3.63) is 42.2 Å². The summed E-state index contributed by atoms with van der Waals surface area (Å²) in [5.41, 5.74) is 1.13. The summed E-state index contributed by atoms with van der Waals surface area (Å²) in [6.07, 6.45) is 2.24. The maximum Gasteiger partial charge on any atom is 0.323 e. The summed E-state index contributed by atoms with van der Waals surface area (Å²) in [4.78, 5) is 8.64. The minimum atomic E-state index is -4.15. The van der Waals surface area contributed by atoms with Crippen molar-refractivity contribution in [3.8, 4) is 0 Å². The Bertz CT molecular complexity index is 1090. The van der Waals surface area contributed by atoms with E-state index in [1.54, 1.807) is 12.1 Å². The molecule has 1 aromatic heterocycles. The van der Waals surface area contributed by atoms with Crippen molar-refractivity contribution >= 4 is 25.9 Å². The van der Waals surface area contributed by atoms with Crippen LogP contribution in [-0.2, 0) is 25.1 Å². The second-order valence-electron chi connectivity index (χ2n) is 6.56. The molecule has 0 N–H and O–H groups in total. The van der Waals surface area contributed by atoms with E-state index < -0.39 is 25.4 Å². The van der Waals surface area contributed by atoms with Crippen LogP contribution in [0.25, 0.3) is 0 Å². The second-order valence-corrected chi connectivity index (χ2v) is 10.3. The third-order valence-electron chi connectivity index (χ3n) is 4.26. The van der Waals surface area contributed by atoms with Gasteiger partial charge in [0, 0.05) is 25.7 Å². The number of benzene rings is 1. The summed E-state index contributed by atoms with van der Waals surface area (Å²) < 4.78 is 53.4. The van der Waals surface area contributed by atoms with Gasteiger partial charge in [0.05, 0.1) is 6.54 Å². The van der Waals surface area contributed by atoms with Gasteiger partial charge in [-0.2, -0.15) is 17.0 Å². The quantitative estimate of drug-likeness (QED) is 0.399. The Balaban J connectivity index is 1.95. The predicted octanol–water partition coefficient (Wildman–Crippen LogP) is 0.136. The van der Waals surface area contributed by atoms with Gasteiger partial charge in [0.25, 0.3) is 15.2 Å². The molecule has 0 unspecified atom stereocenters. The van der Waals surface area contributed by atoms with Crippen molar-refractivity contribution in [1.82, 2.24) is 22.8 Å². The summed E-state index contributed by atoms with van der Waals surface area (Å²) in [5, 5.41) is 7.10. The molecule has 0 radical (unpaired) electrons. The molecule has 1 heterocycles. The number of nitrogens with zero attached hydrogens (tertiary/aromatic N) is 6. The van der Waals surface area contributed by atoms with E-state index >= 15 is 0 Å². The number of hydrogen-bond donors (Lipinski definition) is 0. The van der Waals surface area contributed by atoms with Crippen LogP contribution in [0.15, 0.2) is 47.0 Å². The molecule has 1 aliphatic rings. The number of hydrogen-bond acceptors (Lipinski definition) is 8. The van der Waals surface area contributed by atoms with Gasteiger partial charge < -0.3 is 4.84 Å². The van der Waals surface area contributed by atoms with Crippen LogP contribution in [0.1, 0.15) is 18.4 Å². The molecule has 1 saturated carbocycles. The Morgan fingerprint density at radius 2 is 1.86 bits per heavy atom. The molecule has 3 rings (SSSR count). The lowest BCUT2D eigenvalue weighted by Crippen LogP contribution is -2.38. The van der Waals surface area contributed by atoms with Crippen LogP contribution in [-0.4, -0.2) is 79.1 Å². The molecule has 13 heteroatoms. The maximum absolute atomic E-state index is 13.2. The van der Waals surface area contributed by atoms with Crippen molar-refractivity contribution in [3.63, 3.8) is 0 Å². The first-order chi connectivity index (χ1) is 13.7. The van der Waals surface area contributed by atoms with Crippen molar-refractivity contribution in [2.45, 2.75) is 24.0 Å². The van der Waals surface area contributed by atoms with E-state index in [0.717, 1.165) is 10.6 Å². The molecule has 0 atom stereocenters. The SMILES string of the molecule is CON=C(CN(C1CC1)S(=O)(=O)c1ncn(S(=O)(=O)N(C)C)n1)c1ccccc1. The first kappa shape index (κ1) is 21.4. The summed E-state index contributed by atoms with van der Waals surface area (Å²) in [6, 6.07) is 8.82. The van der Waals surface area contributed by atoms with E-state index in [4.69, 9.17) is 4.84 Å². The molecule has 0 aliphatic heterocycles. The fraction of sp³-hybridized carbons (Fsp3) is 0.438. The maximum atomic E-state index is 13.2. The van der Waals surface area contributed by atoms with Crippen molar-refractivity contribution in [1.29, 1.82) is 0 Å². The Morgan fingerprint density at radius 1 is 1.21 bits per heavy atom. The molecule has 1 aliphatic carbocycles. The second kappa shape index (κ2) is 8.18. The highest BCUT2D eigenvalue weighted by atomic mass is 32.2. The molecule has 0 spiro atoms. The van der Waals surface area contributed by atoms with Gasteiger partial charge in [-0.25, -0.2) is 13.4 Å². The minimum Gasteiger partial charge on any atom is -0.399 e. The van der Waals surface area contributed by atoms with Gasteiger partial charge in [0.2, 0.25) is 0 Å². The predicted molar refractivity (Wildman–Crippen MR) is 105 cm³/mol. The molecule has 29 heavy (non-hydrogen) atoms. The van der Waals surface area contributed by atoms with Crippen LogP contribution in [0.3, 0.4) is 0 Å². The first-order valence-corrected chi connectivity index (χ1v) is 11.5. The van der Waals surface area contributed by atoms with E-state index in [9.17, 15) is 16.8 Å². The first-order valence-electron chi connectivity index (χ1n) is 8.70. The lowest BCUT2D eigenvalue weighted by atomic mass is 10.1. The van der Waals surface area contributed by atoms with Gasteiger partial charge in [-0.15, -0.1) is 9.19 Å². The Labute approximate surface area is 169 Å². The lowest BCUT2D eigenvalue weighted by molar-refractivity contribution is 0.212. The third-order valence-corrected chi connectivity index (χ3v) is 7.52. The number of rotatable bonds is 9. The molecule has 0 bridgehead atoms. The smallest absolute Gasteiger partial charge is 0.323 e. The molecule has 11 nitrogen and oxygen atoms in total. The highest BCUT2D eigenvalue weighted by Crippen LogP contribution is 2.31. The van der Waals surface area contributed by atoms with Gasteiger partial charge in [-0.1, -0.05) is 35.5 Å². The average Bonchev–Trinajstić information content (AvgIpc) is 3.38. The highest BCUT2D eigenvalue weighted by Gasteiger charge is 2.41. The highest BCUT2D eigenvalue weighted by molar-refractivity contribution is 7.89. The van der Waals surface area contributed by atoms with Gasteiger partial charge in [-0.05, 0) is 12.8 Å². The van der Waals surface area contributed by atoms with Gasteiger partial charge >= 0.3 is 10.2 Å². The van der Waals surface area contributed by atoms with Gasteiger partial charge in [-0.3, -0.25) is 0 Å². The van der Waals surface area contributed by atoms with Crippen molar-refractivity contribution in [2.24, 2.45) is 5.16 Å². The molecule has 0 amide bonds. The molecular formula is C16H22N6O5S2. The summed E-state index contributed by atoms with van der Waals surface area (Å²) in [5.74, 6) is 0. The van der Waals surface area contributed by atoms with Gasteiger partial charge in [0.15, 0.2) is 0 Å².